The zero-order chi connectivity index (χ0) is 8.59. The van der Waals surface area contributed by atoms with E-state index < -0.39 is 23.1 Å². The molecule has 60 valence electrons. The van der Waals surface area contributed by atoms with Crippen LogP contribution in [-0.4, -0.2) is 15.3 Å². The van der Waals surface area contributed by atoms with Crippen molar-refractivity contribution in [2.24, 2.45) is 0 Å². The molecular weight excluding hydrogens is 153 g/mol. The molecule has 11 heavy (non-hydrogen) atoms. The summed E-state index contributed by atoms with van der Waals surface area (Å²) >= 11 is 0. The van der Waals surface area contributed by atoms with Crippen LogP contribution in [0.4, 0.5) is 10.1 Å². The van der Waals surface area contributed by atoms with Gasteiger partial charge < -0.3 is 21.1 Å². The predicted molar refractivity (Wildman–Crippen MR) is 35.8 cm³/mol. The minimum absolute atomic E-state index is 0.321. The van der Waals surface area contributed by atoms with Gasteiger partial charge in [0.2, 0.25) is 5.75 Å². The number of hydrogen-bond acceptors (Lipinski definition) is 4. The number of rotatable bonds is 0. The fourth-order valence-electron chi connectivity index (χ4n) is 0.635. The van der Waals surface area contributed by atoms with Crippen LogP contribution in [0.3, 0.4) is 0 Å². The van der Waals surface area contributed by atoms with Crippen molar-refractivity contribution in [3.05, 3.63) is 11.9 Å². The van der Waals surface area contributed by atoms with E-state index in [4.69, 9.17) is 21.1 Å². The van der Waals surface area contributed by atoms with Crippen LogP contribution in [0.2, 0.25) is 0 Å². The van der Waals surface area contributed by atoms with Crippen LogP contribution in [0.1, 0.15) is 0 Å². The van der Waals surface area contributed by atoms with Crippen LogP contribution >= 0.6 is 0 Å². The maximum absolute atomic E-state index is 12.4. The minimum atomic E-state index is -1.07. The number of anilines is 1. The van der Waals surface area contributed by atoms with E-state index in [1.165, 1.54) is 0 Å². The number of nitrogens with two attached hydrogens (primary N) is 1. The summed E-state index contributed by atoms with van der Waals surface area (Å²) in [6.45, 7) is 0. The van der Waals surface area contributed by atoms with Gasteiger partial charge in [0.1, 0.15) is 0 Å². The standard InChI is InChI=1S/C6H6FNO3/c7-2-1-3(8)5(10)6(11)4(2)9/h1,9-11H,8H2. The van der Waals surface area contributed by atoms with Gasteiger partial charge in [-0.25, -0.2) is 4.39 Å². The van der Waals surface area contributed by atoms with Crippen LogP contribution in [0.15, 0.2) is 6.07 Å². The molecule has 0 aromatic heterocycles. The maximum Gasteiger partial charge on any atom is 0.205 e. The van der Waals surface area contributed by atoms with E-state index in [1.54, 1.807) is 0 Å². The molecule has 1 aromatic carbocycles. The minimum Gasteiger partial charge on any atom is -0.503 e. The van der Waals surface area contributed by atoms with E-state index in [2.05, 4.69) is 0 Å². The molecule has 0 bridgehead atoms. The molecule has 1 aromatic rings. The van der Waals surface area contributed by atoms with Gasteiger partial charge in [-0.15, -0.1) is 0 Å². The molecule has 0 unspecified atom stereocenters. The second-order valence-electron chi connectivity index (χ2n) is 1.99. The van der Waals surface area contributed by atoms with Crippen LogP contribution in [0.5, 0.6) is 17.2 Å². The Bertz CT molecular complexity index is 274. The van der Waals surface area contributed by atoms with Gasteiger partial charge in [-0.2, -0.15) is 0 Å². The number of nitrogen functional groups attached to an aromatic ring is 1. The summed E-state index contributed by atoms with van der Waals surface area (Å²) in [5.41, 5.74) is 4.71. The van der Waals surface area contributed by atoms with Gasteiger partial charge in [-0.3, -0.25) is 0 Å². The molecule has 1 rings (SSSR count). The average Bonchev–Trinajstić information content (AvgIpc) is 1.97. The summed E-state index contributed by atoms with van der Waals surface area (Å²) in [6, 6.07) is 0.713. The Hall–Kier alpha value is -1.65. The first kappa shape index (κ1) is 7.46. The Kier molecular flexibility index (Phi) is 1.48. The van der Waals surface area contributed by atoms with Crippen molar-refractivity contribution in [1.82, 2.24) is 0 Å². The number of phenolic OH excluding ortho intramolecular Hbond substituents is 3. The first-order valence-electron chi connectivity index (χ1n) is 2.73. The van der Waals surface area contributed by atoms with Crippen LogP contribution in [-0.2, 0) is 0 Å². The number of aromatic hydroxyl groups is 3. The molecule has 0 radical (unpaired) electrons. The summed E-state index contributed by atoms with van der Waals surface area (Å²) < 4.78 is 12.4. The highest BCUT2D eigenvalue weighted by molar-refractivity contribution is 5.64. The number of hydrogen-bond donors (Lipinski definition) is 4. The highest BCUT2D eigenvalue weighted by atomic mass is 19.1. The number of phenols is 3. The van der Waals surface area contributed by atoms with Gasteiger partial charge in [0.05, 0.1) is 5.69 Å². The Morgan fingerprint density at radius 3 is 2.18 bits per heavy atom. The normalized spacial score (nSPS) is 9.91. The Labute approximate surface area is 61.3 Å². The second-order valence-corrected chi connectivity index (χ2v) is 1.99. The van der Waals surface area contributed by atoms with Crippen molar-refractivity contribution >= 4 is 5.69 Å². The average molecular weight is 159 g/mol. The van der Waals surface area contributed by atoms with Crippen molar-refractivity contribution in [3.8, 4) is 17.2 Å². The van der Waals surface area contributed by atoms with Crippen LogP contribution in [0, 0.1) is 5.82 Å². The van der Waals surface area contributed by atoms with E-state index in [-0.39, 0.29) is 5.69 Å². The SMILES string of the molecule is Nc1cc(F)c(O)c(O)c1O. The third-order valence-electron chi connectivity index (χ3n) is 1.23. The van der Waals surface area contributed by atoms with E-state index in [0.29, 0.717) is 6.07 Å². The lowest BCUT2D eigenvalue weighted by atomic mass is 10.2. The Morgan fingerprint density at radius 1 is 1.09 bits per heavy atom. The largest absolute Gasteiger partial charge is 0.503 e. The molecule has 0 saturated heterocycles. The van der Waals surface area contributed by atoms with E-state index in [0.717, 1.165) is 0 Å². The predicted octanol–water partition coefficient (Wildman–Crippen LogP) is 0.525. The fourth-order valence-corrected chi connectivity index (χ4v) is 0.635. The Morgan fingerprint density at radius 2 is 1.64 bits per heavy atom. The number of benzene rings is 1. The molecule has 0 aliphatic rings. The third kappa shape index (κ3) is 1.000. The van der Waals surface area contributed by atoms with Crippen molar-refractivity contribution in [2.45, 2.75) is 0 Å². The molecule has 5 N–H and O–H groups in total. The molecular formula is C6H6FNO3. The van der Waals surface area contributed by atoms with E-state index >= 15 is 0 Å². The molecule has 0 aliphatic heterocycles. The first-order chi connectivity index (χ1) is 5.04. The molecule has 0 spiro atoms. The van der Waals surface area contributed by atoms with Gasteiger partial charge in [-0.1, -0.05) is 0 Å². The van der Waals surface area contributed by atoms with Gasteiger partial charge in [0.25, 0.3) is 0 Å². The molecule has 0 fully saturated rings. The van der Waals surface area contributed by atoms with Gasteiger partial charge >= 0.3 is 0 Å². The fraction of sp³-hybridized carbons (Fsp3) is 0. The molecule has 0 aliphatic carbocycles. The zero-order valence-electron chi connectivity index (χ0n) is 5.37. The van der Waals surface area contributed by atoms with Gasteiger partial charge in [0, 0.05) is 6.07 Å². The molecule has 0 amide bonds. The van der Waals surface area contributed by atoms with E-state index in [9.17, 15) is 4.39 Å². The lowest BCUT2D eigenvalue weighted by molar-refractivity contribution is 0.353. The van der Waals surface area contributed by atoms with Crippen LogP contribution in [0.25, 0.3) is 0 Å². The number of halogens is 1. The maximum atomic E-state index is 12.4. The summed E-state index contributed by atoms with van der Waals surface area (Å²) in [5.74, 6) is -3.74. The lowest BCUT2D eigenvalue weighted by Crippen LogP contribution is -1.88. The van der Waals surface area contributed by atoms with Crippen molar-refractivity contribution in [2.75, 3.05) is 5.73 Å². The third-order valence-corrected chi connectivity index (χ3v) is 1.23. The quantitative estimate of drug-likeness (QED) is 0.252. The smallest absolute Gasteiger partial charge is 0.205 e. The van der Waals surface area contributed by atoms with E-state index in [1.807, 2.05) is 0 Å². The highest BCUT2D eigenvalue weighted by Gasteiger charge is 2.14. The van der Waals surface area contributed by atoms with Crippen molar-refractivity contribution in [1.29, 1.82) is 0 Å². The van der Waals surface area contributed by atoms with Gasteiger partial charge in [-0.05, 0) is 0 Å². The molecule has 5 heteroatoms. The summed E-state index contributed by atoms with van der Waals surface area (Å²) in [4.78, 5) is 0. The highest BCUT2D eigenvalue weighted by Crippen LogP contribution is 2.40. The summed E-state index contributed by atoms with van der Waals surface area (Å²) in [5, 5.41) is 26.2. The van der Waals surface area contributed by atoms with Crippen molar-refractivity contribution in [3.63, 3.8) is 0 Å². The monoisotopic (exact) mass is 159 g/mol. The zero-order valence-corrected chi connectivity index (χ0v) is 5.37. The Balaban J connectivity index is 3.46. The molecule has 0 atom stereocenters. The summed E-state index contributed by atoms with van der Waals surface area (Å²) in [7, 11) is 0. The first-order valence-corrected chi connectivity index (χ1v) is 2.73. The molecule has 0 heterocycles. The van der Waals surface area contributed by atoms with Gasteiger partial charge in [0.15, 0.2) is 17.3 Å². The lowest BCUT2D eigenvalue weighted by Gasteiger charge is -2.03. The topological polar surface area (TPSA) is 86.7 Å². The van der Waals surface area contributed by atoms with Crippen LogP contribution < -0.4 is 5.73 Å². The summed E-state index contributed by atoms with van der Waals surface area (Å²) in [6.07, 6.45) is 0. The molecule has 4 nitrogen and oxygen atoms in total. The second kappa shape index (κ2) is 2.19. The van der Waals surface area contributed by atoms with Crippen molar-refractivity contribution < 1.29 is 19.7 Å². The molecule has 0 saturated carbocycles.